The van der Waals surface area contributed by atoms with Crippen molar-refractivity contribution < 1.29 is 0 Å². The molecule has 1 atom stereocenters. The zero-order valence-corrected chi connectivity index (χ0v) is 28.0. The van der Waals surface area contributed by atoms with Crippen LogP contribution in [0, 0.1) is 0 Å². The lowest BCUT2D eigenvalue weighted by Crippen LogP contribution is -2.36. The van der Waals surface area contributed by atoms with Crippen molar-refractivity contribution in [2.75, 3.05) is 9.80 Å². The molecule has 8 aromatic carbocycles. The highest BCUT2D eigenvalue weighted by molar-refractivity contribution is 6.04. The third kappa shape index (κ3) is 4.36. The van der Waals surface area contributed by atoms with Crippen molar-refractivity contribution in [1.29, 1.82) is 0 Å². The fourth-order valence-corrected chi connectivity index (χ4v) is 8.61. The summed E-state index contributed by atoms with van der Waals surface area (Å²) in [5.41, 5.74) is 16.5. The largest absolute Gasteiger partial charge is 0.310 e. The Balaban J connectivity index is 1.35. The van der Waals surface area contributed by atoms with Gasteiger partial charge in [0.2, 0.25) is 0 Å². The summed E-state index contributed by atoms with van der Waals surface area (Å²) >= 11 is 0. The molecule has 8 aromatic rings. The van der Waals surface area contributed by atoms with Gasteiger partial charge in [-0.25, -0.2) is 0 Å². The smallest absolute Gasteiger partial charge is 0.0755 e. The predicted molar refractivity (Wildman–Crippen MR) is 212 cm³/mol. The Morgan fingerprint density at radius 3 is 1.59 bits per heavy atom. The van der Waals surface area contributed by atoms with Gasteiger partial charge >= 0.3 is 0 Å². The molecule has 1 aliphatic heterocycles. The Hall–Kier alpha value is -6.64. The Morgan fingerprint density at radius 2 is 0.922 bits per heavy atom. The van der Waals surface area contributed by atoms with Gasteiger partial charge in [-0.3, -0.25) is 0 Å². The van der Waals surface area contributed by atoms with Crippen LogP contribution in [0.25, 0.3) is 22.3 Å². The number of fused-ring (bicyclic) bond motifs is 5. The molecule has 0 amide bonds. The lowest BCUT2D eigenvalue weighted by molar-refractivity contribution is 0.754. The van der Waals surface area contributed by atoms with Gasteiger partial charge < -0.3 is 9.80 Å². The summed E-state index contributed by atoms with van der Waals surface area (Å²) in [6, 6.07) is 75.2. The van der Waals surface area contributed by atoms with Crippen LogP contribution in [0.3, 0.4) is 0 Å². The molecule has 2 nitrogen and oxygen atoms in total. The van der Waals surface area contributed by atoms with Gasteiger partial charge in [-0.05, 0) is 88.0 Å². The molecule has 0 aromatic heterocycles. The van der Waals surface area contributed by atoms with Crippen molar-refractivity contribution in [3.05, 3.63) is 229 Å². The van der Waals surface area contributed by atoms with Crippen molar-refractivity contribution in [1.82, 2.24) is 0 Å². The molecule has 0 saturated carbocycles. The molecule has 0 radical (unpaired) electrons. The highest BCUT2D eigenvalue weighted by Crippen LogP contribution is 2.66. The van der Waals surface area contributed by atoms with Crippen LogP contribution in [0.15, 0.2) is 206 Å². The number of anilines is 6. The molecule has 0 fully saturated rings. The normalized spacial score (nSPS) is 15.1. The highest BCUT2D eigenvalue weighted by atomic mass is 15.2. The second-order valence-corrected chi connectivity index (χ2v) is 13.3. The molecule has 1 heterocycles. The third-order valence-electron chi connectivity index (χ3n) is 10.6. The topological polar surface area (TPSA) is 6.48 Å². The van der Waals surface area contributed by atoms with E-state index in [0.717, 1.165) is 22.7 Å². The maximum atomic E-state index is 2.50. The average Bonchev–Trinajstić information content (AvgIpc) is 3.51. The van der Waals surface area contributed by atoms with Crippen LogP contribution < -0.4 is 9.80 Å². The summed E-state index contributed by atoms with van der Waals surface area (Å²) in [5, 5.41) is 0. The second-order valence-electron chi connectivity index (χ2n) is 13.3. The average molecular weight is 651 g/mol. The Morgan fingerprint density at radius 1 is 0.392 bits per heavy atom. The summed E-state index contributed by atoms with van der Waals surface area (Å²) in [4.78, 5) is 4.88. The molecule has 1 aliphatic carbocycles. The van der Waals surface area contributed by atoms with Crippen molar-refractivity contribution in [2.24, 2.45) is 0 Å². The second kappa shape index (κ2) is 11.8. The Labute approximate surface area is 299 Å². The van der Waals surface area contributed by atoms with Crippen molar-refractivity contribution >= 4 is 34.1 Å². The molecule has 240 valence electrons. The predicted octanol–water partition coefficient (Wildman–Crippen LogP) is 13.0. The first-order valence-electron chi connectivity index (χ1n) is 17.6. The highest BCUT2D eigenvalue weighted by Gasteiger charge is 2.53. The quantitative estimate of drug-likeness (QED) is 0.177. The molecule has 51 heavy (non-hydrogen) atoms. The molecule has 1 unspecified atom stereocenters. The van der Waals surface area contributed by atoms with Crippen molar-refractivity contribution in [3.8, 4) is 22.3 Å². The van der Waals surface area contributed by atoms with E-state index in [1.165, 1.54) is 55.9 Å². The number of benzene rings is 8. The van der Waals surface area contributed by atoms with E-state index in [4.69, 9.17) is 0 Å². The fourth-order valence-electron chi connectivity index (χ4n) is 8.61. The van der Waals surface area contributed by atoms with E-state index in [2.05, 4.69) is 216 Å². The van der Waals surface area contributed by atoms with Gasteiger partial charge in [0.05, 0.1) is 16.8 Å². The molecular weight excluding hydrogens is 617 g/mol. The zero-order chi connectivity index (χ0) is 33.8. The van der Waals surface area contributed by atoms with E-state index in [1.54, 1.807) is 0 Å². The summed E-state index contributed by atoms with van der Waals surface area (Å²) in [7, 11) is 0. The number of hydrogen-bond donors (Lipinski definition) is 0. The van der Waals surface area contributed by atoms with E-state index in [0.29, 0.717) is 0 Å². The van der Waals surface area contributed by atoms with Gasteiger partial charge in [0.25, 0.3) is 0 Å². The zero-order valence-electron chi connectivity index (χ0n) is 28.0. The standard InChI is InChI=1S/C49H34N2/c1-6-18-35(19-7-1)41-32-33-43-42-31-30-40(50(37-22-10-3-11-23-37)38-24-12-4-13-25-38)34-45(42)49(36-20-8-2-9-21-36)44-28-16-17-29-46(44)51(48(41)47(43)49)39-26-14-5-15-27-39/h1-34H. The van der Waals surface area contributed by atoms with E-state index in [1.807, 2.05) is 0 Å². The van der Waals surface area contributed by atoms with Gasteiger partial charge in [0.15, 0.2) is 0 Å². The van der Waals surface area contributed by atoms with E-state index >= 15 is 0 Å². The first-order valence-corrected chi connectivity index (χ1v) is 17.6. The minimum Gasteiger partial charge on any atom is -0.310 e. The SMILES string of the molecule is c1ccc(-c2ccc3c4c2N(c2ccccc2)c2ccccc2C4(c2ccccc2)c2cc(N(c4ccccc4)c4ccccc4)ccc2-3)cc1. The number of nitrogens with zero attached hydrogens (tertiary/aromatic N) is 2. The van der Waals surface area contributed by atoms with Crippen molar-refractivity contribution in [3.63, 3.8) is 0 Å². The van der Waals surface area contributed by atoms with Gasteiger partial charge in [-0.1, -0.05) is 152 Å². The molecule has 2 heteroatoms. The summed E-state index contributed by atoms with van der Waals surface area (Å²) in [6.45, 7) is 0. The molecule has 0 N–H and O–H groups in total. The minimum absolute atomic E-state index is 0.566. The Kier molecular flexibility index (Phi) is 6.75. The van der Waals surface area contributed by atoms with E-state index < -0.39 is 5.41 Å². The van der Waals surface area contributed by atoms with Gasteiger partial charge in [-0.2, -0.15) is 0 Å². The van der Waals surface area contributed by atoms with Gasteiger partial charge in [0, 0.05) is 33.9 Å². The maximum Gasteiger partial charge on any atom is 0.0755 e. The fraction of sp³-hybridized carbons (Fsp3) is 0.0204. The van der Waals surface area contributed by atoms with Crippen LogP contribution in [-0.2, 0) is 5.41 Å². The first kappa shape index (κ1) is 29.3. The van der Waals surface area contributed by atoms with Crippen molar-refractivity contribution in [2.45, 2.75) is 5.41 Å². The van der Waals surface area contributed by atoms with Crippen LogP contribution in [0.2, 0.25) is 0 Å². The third-order valence-corrected chi connectivity index (χ3v) is 10.6. The van der Waals surface area contributed by atoms with Crippen LogP contribution >= 0.6 is 0 Å². The molecular formula is C49H34N2. The number of para-hydroxylation sites is 4. The first-order chi connectivity index (χ1) is 25.3. The monoisotopic (exact) mass is 650 g/mol. The molecule has 2 aliphatic rings. The molecule has 0 spiro atoms. The molecule has 10 rings (SSSR count). The Bertz CT molecular complexity index is 2470. The van der Waals surface area contributed by atoms with E-state index in [9.17, 15) is 0 Å². The number of hydrogen-bond acceptors (Lipinski definition) is 2. The molecule has 0 saturated heterocycles. The van der Waals surface area contributed by atoms with Crippen LogP contribution in [-0.4, -0.2) is 0 Å². The molecule has 0 bridgehead atoms. The summed E-state index contributed by atoms with van der Waals surface area (Å²) < 4.78 is 0. The van der Waals surface area contributed by atoms with Crippen LogP contribution in [0.4, 0.5) is 34.1 Å². The number of rotatable bonds is 6. The van der Waals surface area contributed by atoms with Crippen LogP contribution in [0.5, 0.6) is 0 Å². The maximum absolute atomic E-state index is 2.50. The lowest BCUT2D eigenvalue weighted by Gasteiger charge is -2.45. The van der Waals surface area contributed by atoms with Gasteiger partial charge in [0.1, 0.15) is 0 Å². The summed E-state index contributed by atoms with van der Waals surface area (Å²) in [6.07, 6.45) is 0. The van der Waals surface area contributed by atoms with Gasteiger partial charge in [-0.15, -0.1) is 0 Å². The minimum atomic E-state index is -0.566. The lowest BCUT2D eigenvalue weighted by atomic mass is 9.64. The summed E-state index contributed by atoms with van der Waals surface area (Å²) in [5.74, 6) is 0. The van der Waals surface area contributed by atoms with Crippen LogP contribution in [0.1, 0.15) is 22.3 Å². The van der Waals surface area contributed by atoms with E-state index in [-0.39, 0.29) is 0 Å².